The molecule has 0 bridgehead atoms. The van der Waals surface area contributed by atoms with Gasteiger partial charge in [-0.15, -0.1) is 22.9 Å². The van der Waals surface area contributed by atoms with Gasteiger partial charge < -0.3 is 5.32 Å². The molecule has 0 radical (unpaired) electrons. The maximum absolute atomic E-state index is 5.61. The van der Waals surface area contributed by atoms with Gasteiger partial charge in [-0.1, -0.05) is 13.8 Å². The minimum Gasteiger partial charge on any atom is -0.315 e. The van der Waals surface area contributed by atoms with Gasteiger partial charge in [-0.05, 0) is 28.1 Å². The number of rotatable bonds is 5. The van der Waals surface area contributed by atoms with Gasteiger partial charge in [0.15, 0.2) is 0 Å². The highest BCUT2D eigenvalue weighted by Gasteiger charge is 2.21. The van der Waals surface area contributed by atoms with E-state index in [0.29, 0.717) is 5.88 Å². The Morgan fingerprint density at radius 1 is 1.50 bits per heavy atom. The van der Waals surface area contributed by atoms with Crippen LogP contribution in [0.1, 0.15) is 18.7 Å². The van der Waals surface area contributed by atoms with E-state index in [2.05, 4.69) is 47.2 Å². The fraction of sp³-hybridized carbons (Fsp3) is 0.600. The Labute approximate surface area is 103 Å². The van der Waals surface area contributed by atoms with Gasteiger partial charge >= 0.3 is 0 Å². The molecule has 0 spiro atoms. The highest BCUT2D eigenvalue weighted by molar-refractivity contribution is 9.11. The van der Waals surface area contributed by atoms with Crippen LogP contribution in [0.5, 0.6) is 0 Å². The number of nitrogens with one attached hydrogen (secondary N) is 1. The second-order valence-corrected chi connectivity index (χ2v) is 6.69. The molecule has 0 aliphatic rings. The molecule has 1 aromatic heterocycles. The predicted molar refractivity (Wildman–Crippen MR) is 68.6 cm³/mol. The van der Waals surface area contributed by atoms with Gasteiger partial charge in [0.2, 0.25) is 0 Å². The lowest BCUT2D eigenvalue weighted by Gasteiger charge is -2.23. The number of thiophene rings is 1. The summed E-state index contributed by atoms with van der Waals surface area (Å²) in [6.07, 6.45) is 0. The van der Waals surface area contributed by atoms with Gasteiger partial charge in [-0.3, -0.25) is 0 Å². The maximum Gasteiger partial charge on any atom is 0.0701 e. The van der Waals surface area contributed by atoms with Crippen LogP contribution in [0.3, 0.4) is 0 Å². The molecule has 0 saturated carbocycles. The standard InChI is InChI=1S/C10H15BrClNS/c1-10(2,7-13-6-5-12)8-3-4-9(11)14-8/h3-4,13H,5-7H2,1-2H3. The van der Waals surface area contributed by atoms with Crippen LogP contribution in [0.25, 0.3) is 0 Å². The molecule has 0 aliphatic heterocycles. The van der Waals surface area contributed by atoms with Gasteiger partial charge in [0.25, 0.3) is 0 Å². The minimum atomic E-state index is 0.183. The average molecular weight is 297 g/mol. The molecule has 1 heterocycles. The van der Waals surface area contributed by atoms with Crippen LogP contribution >= 0.6 is 38.9 Å². The quantitative estimate of drug-likeness (QED) is 0.646. The fourth-order valence-electron chi connectivity index (χ4n) is 1.23. The first-order chi connectivity index (χ1) is 6.56. The van der Waals surface area contributed by atoms with E-state index in [0.717, 1.165) is 13.1 Å². The maximum atomic E-state index is 5.61. The topological polar surface area (TPSA) is 12.0 Å². The first-order valence-corrected chi connectivity index (χ1v) is 6.73. The van der Waals surface area contributed by atoms with E-state index in [9.17, 15) is 0 Å². The first kappa shape index (κ1) is 12.5. The Balaban J connectivity index is 2.56. The van der Waals surface area contributed by atoms with Crippen LogP contribution in [0, 0.1) is 0 Å². The van der Waals surface area contributed by atoms with Gasteiger partial charge in [-0.25, -0.2) is 0 Å². The van der Waals surface area contributed by atoms with Crippen molar-refractivity contribution in [3.63, 3.8) is 0 Å². The lowest BCUT2D eigenvalue weighted by molar-refractivity contribution is 0.487. The molecule has 0 aromatic carbocycles. The zero-order chi connectivity index (χ0) is 10.6. The molecule has 0 atom stereocenters. The van der Waals surface area contributed by atoms with E-state index in [1.165, 1.54) is 8.66 Å². The zero-order valence-corrected chi connectivity index (χ0v) is 11.6. The van der Waals surface area contributed by atoms with E-state index in [1.807, 2.05) is 0 Å². The molecular formula is C10H15BrClNS. The van der Waals surface area contributed by atoms with Crippen molar-refractivity contribution in [2.24, 2.45) is 0 Å². The highest BCUT2D eigenvalue weighted by Crippen LogP contribution is 2.32. The summed E-state index contributed by atoms with van der Waals surface area (Å²) in [5.41, 5.74) is 0.183. The highest BCUT2D eigenvalue weighted by atomic mass is 79.9. The SMILES string of the molecule is CC(C)(CNCCCl)c1ccc(Br)s1. The molecule has 1 rings (SSSR count). The number of hydrogen-bond acceptors (Lipinski definition) is 2. The minimum absolute atomic E-state index is 0.183. The van der Waals surface area contributed by atoms with Crippen molar-refractivity contribution in [1.29, 1.82) is 0 Å². The summed E-state index contributed by atoms with van der Waals surface area (Å²) in [5.74, 6) is 0.671. The van der Waals surface area contributed by atoms with Gasteiger partial charge in [0.1, 0.15) is 0 Å². The molecule has 0 aliphatic carbocycles. The summed E-state index contributed by atoms with van der Waals surface area (Å²) in [6.45, 7) is 6.32. The molecule has 0 amide bonds. The molecule has 14 heavy (non-hydrogen) atoms. The second-order valence-electron chi connectivity index (χ2n) is 3.85. The van der Waals surface area contributed by atoms with Crippen LogP contribution in [0.15, 0.2) is 15.9 Å². The van der Waals surface area contributed by atoms with Crippen molar-refractivity contribution < 1.29 is 0 Å². The summed E-state index contributed by atoms with van der Waals surface area (Å²) in [7, 11) is 0. The summed E-state index contributed by atoms with van der Waals surface area (Å²) in [5, 5.41) is 3.34. The smallest absolute Gasteiger partial charge is 0.0701 e. The predicted octanol–water partition coefficient (Wildman–Crippen LogP) is 3.62. The van der Waals surface area contributed by atoms with Crippen LogP contribution in [-0.2, 0) is 5.41 Å². The Kier molecular flexibility index (Phi) is 4.91. The van der Waals surface area contributed by atoms with Crippen LogP contribution in [-0.4, -0.2) is 19.0 Å². The molecule has 4 heteroatoms. The van der Waals surface area contributed by atoms with Gasteiger partial charge in [0.05, 0.1) is 3.79 Å². The van der Waals surface area contributed by atoms with Crippen LogP contribution < -0.4 is 5.32 Å². The van der Waals surface area contributed by atoms with Crippen molar-refractivity contribution in [3.05, 3.63) is 20.8 Å². The molecular weight excluding hydrogens is 282 g/mol. The van der Waals surface area contributed by atoms with E-state index in [-0.39, 0.29) is 5.41 Å². The van der Waals surface area contributed by atoms with Crippen molar-refractivity contribution in [1.82, 2.24) is 5.32 Å². The monoisotopic (exact) mass is 295 g/mol. The third kappa shape index (κ3) is 3.54. The van der Waals surface area contributed by atoms with Crippen molar-refractivity contribution in [3.8, 4) is 0 Å². The lowest BCUT2D eigenvalue weighted by atomic mass is 9.91. The molecule has 0 saturated heterocycles. The Morgan fingerprint density at radius 2 is 2.21 bits per heavy atom. The summed E-state index contributed by atoms with van der Waals surface area (Å²) < 4.78 is 1.19. The lowest BCUT2D eigenvalue weighted by Crippen LogP contribution is -2.33. The summed E-state index contributed by atoms with van der Waals surface area (Å²) >= 11 is 10.9. The van der Waals surface area contributed by atoms with Crippen LogP contribution in [0.4, 0.5) is 0 Å². The Morgan fingerprint density at radius 3 is 2.71 bits per heavy atom. The van der Waals surface area contributed by atoms with Crippen LogP contribution in [0.2, 0.25) is 0 Å². The molecule has 80 valence electrons. The zero-order valence-electron chi connectivity index (χ0n) is 8.44. The normalized spacial score (nSPS) is 12.0. The van der Waals surface area contributed by atoms with Gasteiger partial charge in [0, 0.05) is 29.3 Å². The average Bonchev–Trinajstić information content (AvgIpc) is 2.53. The Hall–Kier alpha value is 0.430. The molecule has 1 aromatic rings. The van der Waals surface area contributed by atoms with E-state index < -0.39 is 0 Å². The molecule has 0 fully saturated rings. The van der Waals surface area contributed by atoms with Crippen molar-refractivity contribution >= 4 is 38.9 Å². The summed E-state index contributed by atoms with van der Waals surface area (Å²) in [4.78, 5) is 1.39. The van der Waals surface area contributed by atoms with Gasteiger partial charge in [-0.2, -0.15) is 0 Å². The number of halogens is 2. The van der Waals surface area contributed by atoms with Crippen molar-refractivity contribution in [2.75, 3.05) is 19.0 Å². The number of alkyl halides is 1. The van der Waals surface area contributed by atoms with E-state index in [1.54, 1.807) is 11.3 Å². The second kappa shape index (κ2) is 5.50. The largest absolute Gasteiger partial charge is 0.315 e. The summed E-state index contributed by atoms with van der Waals surface area (Å²) in [6, 6.07) is 4.28. The number of hydrogen-bond donors (Lipinski definition) is 1. The fourth-order valence-corrected chi connectivity index (χ4v) is 2.85. The van der Waals surface area contributed by atoms with Crippen molar-refractivity contribution in [2.45, 2.75) is 19.3 Å². The first-order valence-electron chi connectivity index (χ1n) is 4.59. The van der Waals surface area contributed by atoms with E-state index >= 15 is 0 Å². The molecule has 1 nitrogen and oxygen atoms in total. The third-order valence-corrected chi connectivity index (χ3v) is 4.26. The third-order valence-electron chi connectivity index (χ3n) is 2.08. The molecule has 0 unspecified atom stereocenters. The van der Waals surface area contributed by atoms with E-state index in [4.69, 9.17) is 11.6 Å². The Bertz CT molecular complexity index is 285. The molecule has 1 N–H and O–H groups in total.